The first-order valence-electron chi connectivity index (χ1n) is 4.77. The van der Waals surface area contributed by atoms with Crippen molar-refractivity contribution in [3.8, 4) is 0 Å². The molecule has 0 amide bonds. The summed E-state index contributed by atoms with van der Waals surface area (Å²) in [6, 6.07) is 0.934. The Kier molecular flexibility index (Phi) is 1.29. The Morgan fingerprint density at radius 1 is 1.36 bits per heavy atom. The summed E-state index contributed by atoms with van der Waals surface area (Å²) in [7, 11) is 0. The van der Waals surface area contributed by atoms with Gasteiger partial charge in [-0.2, -0.15) is 0 Å². The molecule has 3 fully saturated rings. The van der Waals surface area contributed by atoms with Crippen molar-refractivity contribution in [3.05, 3.63) is 0 Å². The van der Waals surface area contributed by atoms with Crippen molar-refractivity contribution in [2.75, 3.05) is 19.7 Å². The Balaban J connectivity index is 1.62. The number of likely N-dealkylation sites (tertiary alicyclic amines) is 1. The summed E-state index contributed by atoms with van der Waals surface area (Å²) in [6.45, 7) is 3.61. The van der Waals surface area contributed by atoms with Gasteiger partial charge in [0.15, 0.2) is 0 Å². The minimum absolute atomic E-state index is 0.606. The van der Waals surface area contributed by atoms with Crippen LogP contribution in [-0.2, 0) is 4.74 Å². The third kappa shape index (κ3) is 1.09. The lowest BCUT2D eigenvalue weighted by Gasteiger charge is -2.25. The molecule has 0 N–H and O–H groups in total. The largest absolute Gasteiger partial charge is 0.372 e. The summed E-state index contributed by atoms with van der Waals surface area (Å²) in [6.07, 6.45) is 5.03. The highest BCUT2D eigenvalue weighted by Crippen LogP contribution is 2.37. The van der Waals surface area contributed by atoms with Crippen LogP contribution >= 0.6 is 0 Å². The standard InChI is InChI=1S/C9H15NO/c1-2-8-3-7(1)4-10(8)5-9-6-11-9/h7-9H,1-6H2/t7?,8?,9-/m1/s1. The molecule has 2 unspecified atom stereocenters. The maximum Gasteiger partial charge on any atom is 0.0936 e. The van der Waals surface area contributed by atoms with Gasteiger partial charge in [-0.25, -0.2) is 0 Å². The van der Waals surface area contributed by atoms with Gasteiger partial charge in [0.05, 0.1) is 12.7 Å². The highest BCUT2D eigenvalue weighted by Gasteiger charge is 2.40. The highest BCUT2D eigenvalue weighted by molar-refractivity contribution is 4.93. The third-order valence-corrected chi connectivity index (χ3v) is 3.36. The van der Waals surface area contributed by atoms with Gasteiger partial charge < -0.3 is 4.74 Å². The average Bonchev–Trinajstić information content (AvgIpc) is 2.61. The van der Waals surface area contributed by atoms with Crippen LogP contribution in [0.15, 0.2) is 0 Å². The number of hydrogen-bond donors (Lipinski definition) is 0. The molecule has 2 bridgehead atoms. The lowest BCUT2D eigenvalue weighted by Crippen LogP contribution is -2.35. The lowest BCUT2D eigenvalue weighted by molar-refractivity contribution is 0.194. The number of piperidine rings is 1. The van der Waals surface area contributed by atoms with Crippen molar-refractivity contribution in [1.82, 2.24) is 4.90 Å². The van der Waals surface area contributed by atoms with Gasteiger partial charge in [-0.15, -0.1) is 0 Å². The van der Waals surface area contributed by atoms with E-state index in [9.17, 15) is 0 Å². The fourth-order valence-electron chi connectivity index (χ4n) is 2.69. The fourth-order valence-corrected chi connectivity index (χ4v) is 2.69. The molecule has 11 heavy (non-hydrogen) atoms. The van der Waals surface area contributed by atoms with Gasteiger partial charge >= 0.3 is 0 Å². The molecule has 2 saturated heterocycles. The molecule has 0 aromatic rings. The number of ether oxygens (including phenoxy) is 1. The predicted octanol–water partition coefficient (Wildman–Crippen LogP) is 0.869. The molecular weight excluding hydrogens is 138 g/mol. The van der Waals surface area contributed by atoms with Gasteiger partial charge in [-0.3, -0.25) is 4.90 Å². The van der Waals surface area contributed by atoms with Crippen molar-refractivity contribution in [2.24, 2.45) is 5.92 Å². The minimum Gasteiger partial charge on any atom is -0.372 e. The molecule has 62 valence electrons. The van der Waals surface area contributed by atoms with E-state index in [0.717, 1.165) is 18.6 Å². The van der Waals surface area contributed by atoms with Crippen molar-refractivity contribution >= 4 is 0 Å². The van der Waals surface area contributed by atoms with E-state index in [2.05, 4.69) is 4.90 Å². The zero-order valence-corrected chi connectivity index (χ0v) is 6.83. The quantitative estimate of drug-likeness (QED) is 0.547. The van der Waals surface area contributed by atoms with Crippen LogP contribution in [0.5, 0.6) is 0 Å². The van der Waals surface area contributed by atoms with Gasteiger partial charge in [0.25, 0.3) is 0 Å². The molecule has 1 aliphatic carbocycles. The normalized spacial score (nSPS) is 48.5. The molecule has 2 heteroatoms. The molecule has 3 aliphatic rings. The highest BCUT2D eigenvalue weighted by atomic mass is 16.6. The van der Waals surface area contributed by atoms with Gasteiger partial charge in [-0.05, 0) is 25.2 Å². The zero-order chi connectivity index (χ0) is 7.26. The van der Waals surface area contributed by atoms with Crippen LogP contribution in [0.25, 0.3) is 0 Å². The number of rotatable bonds is 2. The molecule has 3 atom stereocenters. The second kappa shape index (κ2) is 2.20. The van der Waals surface area contributed by atoms with Crippen LogP contribution in [0, 0.1) is 5.92 Å². The van der Waals surface area contributed by atoms with Crippen molar-refractivity contribution in [1.29, 1.82) is 0 Å². The van der Waals surface area contributed by atoms with Crippen LogP contribution < -0.4 is 0 Å². The molecule has 3 rings (SSSR count). The first kappa shape index (κ1) is 6.44. The Morgan fingerprint density at radius 3 is 2.82 bits per heavy atom. The second-order valence-corrected chi connectivity index (χ2v) is 4.24. The Labute approximate surface area is 67.5 Å². The van der Waals surface area contributed by atoms with Crippen LogP contribution in [0.1, 0.15) is 19.3 Å². The van der Waals surface area contributed by atoms with E-state index < -0.39 is 0 Å². The van der Waals surface area contributed by atoms with Crippen LogP contribution in [0.4, 0.5) is 0 Å². The Hall–Kier alpha value is -0.0800. The Bertz CT molecular complexity index is 167. The molecule has 0 radical (unpaired) electrons. The molecule has 0 spiro atoms. The SMILES string of the molecule is C1CC2CC1CN2C[C@@H]1CO1. The third-order valence-electron chi connectivity index (χ3n) is 3.36. The van der Waals surface area contributed by atoms with E-state index in [-0.39, 0.29) is 0 Å². The van der Waals surface area contributed by atoms with Gasteiger partial charge in [0.2, 0.25) is 0 Å². The van der Waals surface area contributed by atoms with Gasteiger partial charge in [0, 0.05) is 19.1 Å². The minimum atomic E-state index is 0.606. The van der Waals surface area contributed by atoms with Crippen molar-refractivity contribution in [3.63, 3.8) is 0 Å². The first-order chi connectivity index (χ1) is 5.42. The summed E-state index contributed by atoms with van der Waals surface area (Å²) in [4.78, 5) is 2.64. The molecule has 0 aromatic heterocycles. The van der Waals surface area contributed by atoms with Crippen LogP contribution in [0.2, 0.25) is 0 Å². The van der Waals surface area contributed by atoms with Crippen molar-refractivity contribution < 1.29 is 4.74 Å². The zero-order valence-electron chi connectivity index (χ0n) is 6.83. The van der Waals surface area contributed by atoms with Gasteiger partial charge in [-0.1, -0.05) is 0 Å². The summed E-state index contributed by atoms with van der Waals surface area (Å²) in [5.41, 5.74) is 0. The summed E-state index contributed by atoms with van der Waals surface area (Å²) < 4.78 is 5.24. The molecule has 2 nitrogen and oxygen atoms in total. The molecular formula is C9H15NO. The first-order valence-corrected chi connectivity index (χ1v) is 4.77. The number of nitrogens with zero attached hydrogens (tertiary/aromatic N) is 1. The molecule has 1 saturated carbocycles. The summed E-state index contributed by atoms with van der Waals surface area (Å²) >= 11 is 0. The van der Waals surface area contributed by atoms with E-state index in [1.165, 1.54) is 32.4 Å². The predicted molar refractivity (Wildman–Crippen MR) is 42.4 cm³/mol. The molecule has 0 aromatic carbocycles. The molecule has 2 aliphatic heterocycles. The second-order valence-electron chi connectivity index (χ2n) is 4.24. The van der Waals surface area contributed by atoms with E-state index in [4.69, 9.17) is 4.74 Å². The maximum atomic E-state index is 5.24. The summed E-state index contributed by atoms with van der Waals surface area (Å²) in [5.74, 6) is 1.04. The average molecular weight is 153 g/mol. The smallest absolute Gasteiger partial charge is 0.0936 e. The number of hydrogen-bond acceptors (Lipinski definition) is 2. The Morgan fingerprint density at radius 2 is 2.27 bits per heavy atom. The topological polar surface area (TPSA) is 15.8 Å². The maximum absolute atomic E-state index is 5.24. The lowest BCUT2D eigenvalue weighted by atomic mass is 10.1. The number of fused-ring (bicyclic) bond motifs is 2. The van der Waals surface area contributed by atoms with Crippen LogP contribution in [0.3, 0.4) is 0 Å². The number of epoxide rings is 1. The van der Waals surface area contributed by atoms with E-state index in [0.29, 0.717) is 6.10 Å². The van der Waals surface area contributed by atoms with Crippen molar-refractivity contribution in [2.45, 2.75) is 31.4 Å². The summed E-state index contributed by atoms with van der Waals surface area (Å²) in [5, 5.41) is 0. The van der Waals surface area contributed by atoms with E-state index in [1.807, 2.05) is 0 Å². The molecule has 2 heterocycles. The van der Waals surface area contributed by atoms with Crippen LogP contribution in [-0.4, -0.2) is 36.7 Å². The fraction of sp³-hybridized carbons (Fsp3) is 1.00. The van der Waals surface area contributed by atoms with E-state index in [1.54, 1.807) is 0 Å². The monoisotopic (exact) mass is 153 g/mol. The van der Waals surface area contributed by atoms with E-state index >= 15 is 0 Å². The van der Waals surface area contributed by atoms with Gasteiger partial charge in [0.1, 0.15) is 0 Å².